The van der Waals surface area contributed by atoms with Gasteiger partial charge in [-0.25, -0.2) is 0 Å². The Morgan fingerprint density at radius 1 is 1.15 bits per heavy atom. The minimum Gasteiger partial charge on any atom is -0.388 e. The number of hydrazone groups is 1. The highest BCUT2D eigenvalue weighted by molar-refractivity contribution is 6.31. The van der Waals surface area contributed by atoms with Crippen molar-refractivity contribution in [3.8, 4) is 0 Å². The number of anilines is 2. The first kappa shape index (κ1) is 14.4. The SMILES string of the molecule is CC/C(=N\Nc1ccccc1)c1cc(Cl)ccc1NC. The Kier molecular flexibility index (Phi) is 5.02. The van der Waals surface area contributed by atoms with Crippen molar-refractivity contribution in [1.82, 2.24) is 0 Å². The van der Waals surface area contributed by atoms with Crippen LogP contribution < -0.4 is 10.7 Å². The molecule has 0 unspecified atom stereocenters. The zero-order valence-electron chi connectivity index (χ0n) is 11.7. The Balaban J connectivity index is 2.30. The molecule has 0 atom stereocenters. The van der Waals surface area contributed by atoms with E-state index in [1.807, 2.05) is 55.6 Å². The second-order valence-electron chi connectivity index (χ2n) is 4.33. The highest BCUT2D eigenvalue weighted by Gasteiger charge is 2.08. The molecule has 0 radical (unpaired) electrons. The summed E-state index contributed by atoms with van der Waals surface area (Å²) in [6.07, 6.45) is 0.814. The Bertz CT molecular complexity index is 594. The van der Waals surface area contributed by atoms with Crippen molar-refractivity contribution in [3.05, 3.63) is 59.1 Å². The van der Waals surface area contributed by atoms with E-state index in [9.17, 15) is 0 Å². The third kappa shape index (κ3) is 3.52. The Labute approximate surface area is 124 Å². The number of benzene rings is 2. The third-order valence-corrected chi connectivity index (χ3v) is 3.23. The van der Waals surface area contributed by atoms with Crippen LogP contribution >= 0.6 is 11.6 Å². The average Bonchev–Trinajstić information content (AvgIpc) is 2.49. The smallest absolute Gasteiger partial charge is 0.0697 e. The van der Waals surface area contributed by atoms with Crippen LogP contribution in [0.3, 0.4) is 0 Å². The molecule has 20 heavy (non-hydrogen) atoms. The van der Waals surface area contributed by atoms with Gasteiger partial charge in [-0.3, -0.25) is 5.43 Å². The Morgan fingerprint density at radius 2 is 1.90 bits per heavy atom. The second kappa shape index (κ2) is 6.96. The quantitative estimate of drug-likeness (QED) is 0.622. The lowest BCUT2D eigenvalue weighted by atomic mass is 10.1. The van der Waals surface area contributed by atoms with Gasteiger partial charge in [0.2, 0.25) is 0 Å². The summed E-state index contributed by atoms with van der Waals surface area (Å²) in [4.78, 5) is 0. The van der Waals surface area contributed by atoms with Crippen LogP contribution in [0.2, 0.25) is 5.02 Å². The minimum absolute atomic E-state index is 0.708. The van der Waals surface area contributed by atoms with E-state index >= 15 is 0 Å². The van der Waals surface area contributed by atoms with Crippen LogP contribution in [0.1, 0.15) is 18.9 Å². The van der Waals surface area contributed by atoms with E-state index in [2.05, 4.69) is 22.8 Å². The van der Waals surface area contributed by atoms with Crippen LogP contribution in [0.5, 0.6) is 0 Å². The molecule has 0 amide bonds. The van der Waals surface area contributed by atoms with E-state index in [0.717, 1.165) is 29.1 Å². The largest absolute Gasteiger partial charge is 0.388 e. The van der Waals surface area contributed by atoms with Gasteiger partial charge in [-0.15, -0.1) is 0 Å². The van der Waals surface area contributed by atoms with Crippen molar-refractivity contribution >= 4 is 28.7 Å². The molecule has 0 aliphatic heterocycles. The van der Waals surface area contributed by atoms with Gasteiger partial charge in [0.1, 0.15) is 0 Å². The summed E-state index contributed by atoms with van der Waals surface area (Å²) in [5.41, 5.74) is 7.04. The standard InChI is InChI=1S/C16H18ClN3/c1-3-15(20-19-13-7-5-4-6-8-13)14-11-12(17)9-10-16(14)18-2/h4-11,18-19H,3H2,1-2H3/b20-15+. The predicted octanol–water partition coefficient (Wildman–Crippen LogP) is 4.61. The normalized spacial score (nSPS) is 11.2. The van der Waals surface area contributed by atoms with Crippen molar-refractivity contribution in [3.63, 3.8) is 0 Å². The summed E-state index contributed by atoms with van der Waals surface area (Å²) in [7, 11) is 1.89. The maximum atomic E-state index is 6.09. The monoisotopic (exact) mass is 287 g/mol. The van der Waals surface area contributed by atoms with E-state index in [1.54, 1.807) is 0 Å². The van der Waals surface area contributed by atoms with Gasteiger partial charge >= 0.3 is 0 Å². The van der Waals surface area contributed by atoms with Gasteiger partial charge in [0.25, 0.3) is 0 Å². The summed E-state index contributed by atoms with van der Waals surface area (Å²) in [6.45, 7) is 2.08. The van der Waals surface area contributed by atoms with Gasteiger partial charge in [0, 0.05) is 23.3 Å². The lowest BCUT2D eigenvalue weighted by Crippen LogP contribution is -2.06. The van der Waals surface area contributed by atoms with Crippen LogP contribution in [0, 0.1) is 0 Å². The van der Waals surface area contributed by atoms with E-state index < -0.39 is 0 Å². The maximum Gasteiger partial charge on any atom is 0.0697 e. The maximum absolute atomic E-state index is 6.09. The number of rotatable bonds is 5. The van der Waals surface area contributed by atoms with Gasteiger partial charge in [0.15, 0.2) is 0 Å². The highest BCUT2D eigenvalue weighted by atomic mass is 35.5. The van der Waals surface area contributed by atoms with Crippen molar-refractivity contribution < 1.29 is 0 Å². The molecule has 0 saturated heterocycles. The average molecular weight is 288 g/mol. The summed E-state index contributed by atoms with van der Waals surface area (Å²) in [5, 5.41) is 8.38. The van der Waals surface area contributed by atoms with E-state index in [-0.39, 0.29) is 0 Å². The number of nitrogens with one attached hydrogen (secondary N) is 2. The first-order chi connectivity index (χ1) is 9.74. The molecule has 4 heteroatoms. The predicted molar refractivity (Wildman–Crippen MR) is 87.9 cm³/mol. The molecule has 2 N–H and O–H groups in total. The van der Waals surface area contributed by atoms with E-state index in [0.29, 0.717) is 5.02 Å². The van der Waals surface area contributed by atoms with Gasteiger partial charge < -0.3 is 5.32 Å². The lowest BCUT2D eigenvalue weighted by molar-refractivity contribution is 1.22. The van der Waals surface area contributed by atoms with Crippen molar-refractivity contribution in [2.75, 3.05) is 17.8 Å². The molecule has 0 fully saturated rings. The Hall–Kier alpha value is -2.00. The molecular formula is C16H18ClN3. The van der Waals surface area contributed by atoms with Crippen molar-refractivity contribution in [2.45, 2.75) is 13.3 Å². The van der Waals surface area contributed by atoms with E-state index in [1.165, 1.54) is 0 Å². The van der Waals surface area contributed by atoms with E-state index in [4.69, 9.17) is 11.6 Å². The molecule has 0 saturated carbocycles. The summed E-state index contributed by atoms with van der Waals surface area (Å²) in [6, 6.07) is 15.7. The highest BCUT2D eigenvalue weighted by Crippen LogP contribution is 2.22. The number of nitrogens with zero attached hydrogens (tertiary/aromatic N) is 1. The number of hydrogen-bond acceptors (Lipinski definition) is 3. The first-order valence-corrected chi connectivity index (χ1v) is 6.97. The molecule has 0 heterocycles. The lowest BCUT2D eigenvalue weighted by Gasteiger charge is -2.11. The van der Waals surface area contributed by atoms with Crippen LogP contribution in [-0.2, 0) is 0 Å². The molecular weight excluding hydrogens is 270 g/mol. The molecule has 0 bridgehead atoms. The minimum atomic E-state index is 0.708. The van der Waals surface area contributed by atoms with Gasteiger partial charge in [0.05, 0.1) is 11.4 Å². The van der Waals surface area contributed by atoms with Crippen molar-refractivity contribution in [2.24, 2.45) is 5.10 Å². The van der Waals surface area contributed by atoms with Crippen molar-refractivity contribution in [1.29, 1.82) is 0 Å². The second-order valence-corrected chi connectivity index (χ2v) is 4.77. The topological polar surface area (TPSA) is 36.4 Å². The molecule has 0 aliphatic rings. The fourth-order valence-corrected chi connectivity index (χ4v) is 2.12. The molecule has 0 spiro atoms. The first-order valence-electron chi connectivity index (χ1n) is 6.60. The molecule has 2 rings (SSSR count). The molecule has 2 aromatic rings. The van der Waals surface area contributed by atoms with Crippen LogP contribution in [-0.4, -0.2) is 12.8 Å². The number of para-hydroxylation sites is 1. The summed E-state index contributed by atoms with van der Waals surface area (Å²) >= 11 is 6.09. The summed E-state index contributed by atoms with van der Waals surface area (Å²) in [5.74, 6) is 0. The fourth-order valence-electron chi connectivity index (χ4n) is 1.95. The van der Waals surface area contributed by atoms with Crippen LogP contribution in [0.25, 0.3) is 0 Å². The molecule has 2 aromatic carbocycles. The third-order valence-electron chi connectivity index (χ3n) is 2.99. The van der Waals surface area contributed by atoms with Crippen LogP contribution in [0.15, 0.2) is 53.6 Å². The number of halogens is 1. The zero-order chi connectivity index (χ0) is 14.4. The molecule has 104 valence electrons. The zero-order valence-corrected chi connectivity index (χ0v) is 12.4. The van der Waals surface area contributed by atoms with Gasteiger partial charge in [-0.05, 0) is 36.8 Å². The molecule has 0 aromatic heterocycles. The fraction of sp³-hybridized carbons (Fsp3) is 0.188. The molecule has 0 aliphatic carbocycles. The van der Waals surface area contributed by atoms with Crippen LogP contribution in [0.4, 0.5) is 11.4 Å². The number of hydrogen-bond donors (Lipinski definition) is 2. The molecule has 3 nitrogen and oxygen atoms in total. The van der Waals surface area contributed by atoms with Gasteiger partial charge in [-0.1, -0.05) is 36.7 Å². The Morgan fingerprint density at radius 3 is 2.55 bits per heavy atom. The summed E-state index contributed by atoms with van der Waals surface area (Å²) < 4.78 is 0. The van der Waals surface area contributed by atoms with Gasteiger partial charge in [-0.2, -0.15) is 5.10 Å².